The molecule has 0 bridgehead atoms. The molecule has 0 aliphatic carbocycles. The highest BCUT2D eigenvalue weighted by atomic mass is 35.5. The predicted molar refractivity (Wildman–Crippen MR) is 94.1 cm³/mol. The van der Waals surface area contributed by atoms with E-state index in [9.17, 15) is 0 Å². The topological polar surface area (TPSA) is 12.0 Å². The van der Waals surface area contributed by atoms with Gasteiger partial charge in [-0.05, 0) is 60.7 Å². The molecule has 1 unspecified atom stereocenters. The lowest BCUT2D eigenvalue weighted by atomic mass is 10.0. The van der Waals surface area contributed by atoms with Crippen molar-refractivity contribution in [3.05, 3.63) is 70.3 Å². The molecule has 110 valence electrons. The lowest BCUT2D eigenvalue weighted by Gasteiger charge is -2.20. The van der Waals surface area contributed by atoms with Crippen LogP contribution in [0.2, 0.25) is 5.02 Å². The molecule has 0 fully saturated rings. The van der Waals surface area contributed by atoms with Crippen LogP contribution in [0.3, 0.4) is 0 Å². The maximum Gasteiger partial charge on any atom is 0.0511 e. The van der Waals surface area contributed by atoms with E-state index in [-0.39, 0.29) is 6.04 Å². The van der Waals surface area contributed by atoms with E-state index in [1.807, 2.05) is 19.1 Å². The van der Waals surface area contributed by atoms with Crippen LogP contribution in [0.5, 0.6) is 0 Å². The molecular formula is C19H22ClN. The quantitative estimate of drug-likeness (QED) is 0.697. The number of anilines is 1. The first kappa shape index (κ1) is 15.7. The van der Waals surface area contributed by atoms with Gasteiger partial charge < -0.3 is 5.32 Å². The number of benzene rings is 2. The Labute approximate surface area is 132 Å². The first-order valence-electron chi connectivity index (χ1n) is 7.30. The van der Waals surface area contributed by atoms with Crippen molar-refractivity contribution < 1.29 is 0 Å². The van der Waals surface area contributed by atoms with Gasteiger partial charge in [-0.15, -0.1) is 0 Å². The lowest BCUT2D eigenvalue weighted by molar-refractivity contribution is 0.748. The molecule has 1 atom stereocenters. The summed E-state index contributed by atoms with van der Waals surface area (Å²) in [5, 5.41) is 4.42. The largest absolute Gasteiger partial charge is 0.378 e. The third-order valence-corrected chi connectivity index (χ3v) is 4.26. The summed E-state index contributed by atoms with van der Waals surface area (Å²) in [5.41, 5.74) is 5.91. The molecule has 0 aromatic heterocycles. The number of halogens is 1. The molecule has 1 N–H and O–H groups in total. The monoisotopic (exact) mass is 299 g/mol. The third kappa shape index (κ3) is 3.68. The standard InChI is InChI=1S/C19H22ClN/c1-5-15-12-17(9-7-13(15)3)21-19(6-2)16-8-10-18(20)14(4)11-16/h5,7-12,19,21H,1,6H2,2-4H3. The van der Waals surface area contributed by atoms with Crippen LogP contribution in [-0.4, -0.2) is 0 Å². The van der Waals surface area contributed by atoms with Gasteiger partial charge in [0.05, 0.1) is 6.04 Å². The minimum atomic E-state index is 0.279. The summed E-state index contributed by atoms with van der Waals surface area (Å²) in [6, 6.07) is 12.9. The molecule has 2 aromatic rings. The van der Waals surface area contributed by atoms with E-state index in [2.05, 4.69) is 56.1 Å². The predicted octanol–water partition coefficient (Wildman–Crippen LogP) is 6.16. The zero-order chi connectivity index (χ0) is 15.4. The highest BCUT2D eigenvalue weighted by Gasteiger charge is 2.10. The van der Waals surface area contributed by atoms with Crippen LogP contribution in [-0.2, 0) is 0 Å². The van der Waals surface area contributed by atoms with Crippen LogP contribution in [0, 0.1) is 13.8 Å². The molecule has 0 spiro atoms. The summed E-state index contributed by atoms with van der Waals surface area (Å²) in [6.07, 6.45) is 2.91. The number of hydrogen-bond donors (Lipinski definition) is 1. The highest BCUT2D eigenvalue weighted by Crippen LogP contribution is 2.27. The highest BCUT2D eigenvalue weighted by molar-refractivity contribution is 6.31. The van der Waals surface area contributed by atoms with Gasteiger partial charge >= 0.3 is 0 Å². The zero-order valence-electron chi connectivity index (χ0n) is 12.9. The van der Waals surface area contributed by atoms with Gasteiger partial charge in [-0.1, -0.05) is 49.4 Å². The smallest absolute Gasteiger partial charge is 0.0511 e. The van der Waals surface area contributed by atoms with E-state index in [1.54, 1.807) is 0 Å². The number of nitrogens with one attached hydrogen (secondary N) is 1. The maximum absolute atomic E-state index is 6.11. The summed E-state index contributed by atoms with van der Waals surface area (Å²) >= 11 is 6.11. The molecule has 0 aliphatic heterocycles. The van der Waals surface area contributed by atoms with Gasteiger partial charge in [0.2, 0.25) is 0 Å². The van der Waals surface area contributed by atoms with E-state index in [4.69, 9.17) is 11.6 Å². The van der Waals surface area contributed by atoms with Crippen molar-refractivity contribution in [2.45, 2.75) is 33.2 Å². The van der Waals surface area contributed by atoms with Crippen molar-refractivity contribution in [3.8, 4) is 0 Å². The van der Waals surface area contributed by atoms with Crippen LogP contribution in [0.25, 0.3) is 6.08 Å². The molecule has 21 heavy (non-hydrogen) atoms. The minimum Gasteiger partial charge on any atom is -0.378 e. The van der Waals surface area contributed by atoms with Crippen molar-refractivity contribution in [3.63, 3.8) is 0 Å². The van der Waals surface area contributed by atoms with Gasteiger partial charge in [0.25, 0.3) is 0 Å². The summed E-state index contributed by atoms with van der Waals surface area (Å²) in [7, 11) is 0. The Morgan fingerprint density at radius 2 is 1.90 bits per heavy atom. The second kappa shape index (κ2) is 6.82. The molecule has 0 amide bonds. The van der Waals surface area contributed by atoms with Crippen LogP contribution >= 0.6 is 11.6 Å². The van der Waals surface area contributed by atoms with Gasteiger partial charge in [0.1, 0.15) is 0 Å². The molecule has 0 saturated heterocycles. The Morgan fingerprint density at radius 1 is 1.14 bits per heavy atom. The molecule has 0 radical (unpaired) electrons. The summed E-state index contributed by atoms with van der Waals surface area (Å²) in [6.45, 7) is 10.2. The molecular weight excluding hydrogens is 278 g/mol. The first-order chi connectivity index (χ1) is 10.0. The van der Waals surface area contributed by atoms with Gasteiger partial charge in [-0.2, -0.15) is 0 Å². The molecule has 0 saturated carbocycles. The fraction of sp³-hybridized carbons (Fsp3) is 0.263. The van der Waals surface area contributed by atoms with Gasteiger partial charge in [0.15, 0.2) is 0 Å². The van der Waals surface area contributed by atoms with Crippen LogP contribution in [0.4, 0.5) is 5.69 Å². The summed E-state index contributed by atoms with van der Waals surface area (Å²) in [5.74, 6) is 0. The van der Waals surface area contributed by atoms with Crippen molar-refractivity contribution in [2.24, 2.45) is 0 Å². The minimum absolute atomic E-state index is 0.279. The van der Waals surface area contributed by atoms with Gasteiger partial charge in [0, 0.05) is 10.7 Å². The number of rotatable bonds is 5. The number of aryl methyl sites for hydroxylation is 2. The average Bonchev–Trinajstić information content (AvgIpc) is 2.49. The molecule has 0 aliphatic rings. The third-order valence-electron chi connectivity index (χ3n) is 3.83. The zero-order valence-corrected chi connectivity index (χ0v) is 13.7. The van der Waals surface area contributed by atoms with Crippen molar-refractivity contribution in [1.82, 2.24) is 0 Å². The second-order valence-corrected chi connectivity index (χ2v) is 5.80. The Kier molecular flexibility index (Phi) is 5.08. The molecule has 2 aromatic carbocycles. The van der Waals surface area contributed by atoms with Gasteiger partial charge in [-0.25, -0.2) is 0 Å². The number of hydrogen-bond acceptors (Lipinski definition) is 1. The summed E-state index contributed by atoms with van der Waals surface area (Å²) < 4.78 is 0. The van der Waals surface area contributed by atoms with E-state index < -0.39 is 0 Å². The fourth-order valence-electron chi connectivity index (χ4n) is 2.46. The van der Waals surface area contributed by atoms with E-state index in [0.717, 1.165) is 22.7 Å². The van der Waals surface area contributed by atoms with E-state index >= 15 is 0 Å². The van der Waals surface area contributed by atoms with E-state index in [1.165, 1.54) is 16.7 Å². The van der Waals surface area contributed by atoms with Gasteiger partial charge in [-0.3, -0.25) is 0 Å². The Bertz CT molecular complexity index is 646. The van der Waals surface area contributed by atoms with Crippen molar-refractivity contribution >= 4 is 23.4 Å². The van der Waals surface area contributed by atoms with Crippen LogP contribution in [0.1, 0.15) is 41.6 Å². The molecule has 0 heterocycles. The molecule has 2 heteroatoms. The molecule has 1 nitrogen and oxygen atoms in total. The van der Waals surface area contributed by atoms with Crippen molar-refractivity contribution in [1.29, 1.82) is 0 Å². The lowest BCUT2D eigenvalue weighted by Crippen LogP contribution is -2.10. The van der Waals surface area contributed by atoms with Crippen molar-refractivity contribution in [2.75, 3.05) is 5.32 Å². The second-order valence-electron chi connectivity index (χ2n) is 5.39. The normalized spacial score (nSPS) is 12.0. The Morgan fingerprint density at radius 3 is 2.52 bits per heavy atom. The maximum atomic E-state index is 6.11. The van der Waals surface area contributed by atoms with Crippen LogP contribution in [0.15, 0.2) is 43.0 Å². The van der Waals surface area contributed by atoms with Crippen LogP contribution < -0.4 is 5.32 Å². The molecule has 2 rings (SSSR count). The van der Waals surface area contributed by atoms with E-state index in [0.29, 0.717) is 0 Å². The Hall–Kier alpha value is -1.73. The SMILES string of the molecule is C=Cc1cc(NC(CC)c2ccc(Cl)c(C)c2)ccc1C. The summed E-state index contributed by atoms with van der Waals surface area (Å²) in [4.78, 5) is 0. The average molecular weight is 300 g/mol. The first-order valence-corrected chi connectivity index (χ1v) is 7.68. The Balaban J connectivity index is 2.26. The fourth-order valence-corrected chi connectivity index (χ4v) is 2.57.